The van der Waals surface area contributed by atoms with Gasteiger partial charge in [-0.25, -0.2) is 4.79 Å². The van der Waals surface area contributed by atoms with Gasteiger partial charge >= 0.3 is 5.97 Å². The average Bonchev–Trinajstić information content (AvgIpc) is 2.15. The van der Waals surface area contributed by atoms with Crippen molar-refractivity contribution in [3.63, 3.8) is 0 Å². The van der Waals surface area contributed by atoms with Crippen LogP contribution < -0.4 is 0 Å². The van der Waals surface area contributed by atoms with Gasteiger partial charge in [0.05, 0.1) is 12.0 Å². The van der Waals surface area contributed by atoms with E-state index < -0.39 is 5.97 Å². The number of carbonyl (C=O) groups excluding carboxylic acids is 1. The van der Waals surface area contributed by atoms with Crippen LogP contribution in [-0.2, 0) is 14.3 Å². The second-order valence-corrected chi connectivity index (χ2v) is 3.18. The van der Waals surface area contributed by atoms with Crippen molar-refractivity contribution in [3.8, 4) is 0 Å². The third kappa shape index (κ3) is 2.92. The van der Waals surface area contributed by atoms with Gasteiger partial charge in [-0.15, -0.1) is 0 Å². The molecular formula is C9H12O4. The van der Waals surface area contributed by atoms with Crippen LogP contribution in [0.3, 0.4) is 0 Å². The molecule has 1 aliphatic rings. The van der Waals surface area contributed by atoms with Crippen molar-refractivity contribution in [1.29, 1.82) is 0 Å². The highest BCUT2D eigenvalue weighted by Gasteiger charge is 2.26. The number of hydrogen-bond donors (Lipinski definition) is 1. The number of rotatable bonds is 3. The van der Waals surface area contributed by atoms with Gasteiger partial charge in [0, 0.05) is 0 Å². The lowest BCUT2D eigenvalue weighted by molar-refractivity contribution is -0.143. The van der Waals surface area contributed by atoms with E-state index in [0.717, 1.165) is 6.26 Å². The van der Waals surface area contributed by atoms with E-state index in [9.17, 15) is 9.59 Å². The van der Waals surface area contributed by atoms with Crippen LogP contribution in [0.25, 0.3) is 0 Å². The fourth-order valence-corrected chi connectivity index (χ4v) is 1.57. The van der Waals surface area contributed by atoms with Gasteiger partial charge in [-0.2, -0.15) is 0 Å². The fourth-order valence-electron chi connectivity index (χ4n) is 1.57. The highest BCUT2D eigenvalue weighted by molar-refractivity contribution is 5.70. The van der Waals surface area contributed by atoms with E-state index in [1.807, 2.05) is 0 Å². The van der Waals surface area contributed by atoms with E-state index in [0.29, 0.717) is 25.7 Å². The minimum absolute atomic E-state index is 0.00273. The molecule has 0 spiro atoms. The first-order valence-electron chi connectivity index (χ1n) is 4.31. The lowest BCUT2D eigenvalue weighted by Gasteiger charge is -2.24. The normalized spacial score (nSPS) is 27.4. The molecule has 0 heterocycles. The Kier molecular flexibility index (Phi) is 3.53. The predicted octanol–water partition coefficient (Wildman–Crippen LogP) is 0.992. The Bertz CT molecular complexity index is 222. The van der Waals surface area contributed by atoms with Crippen molar-refractivity contribution < 1.29 is 19.4 Å². The Morgan fingerprint density at radius 3 is 2.46 bits per heavy atom. The van der Waals surface area contributed by atoms with Crippen molar-refractivity contribution >= 4 is 11.9 Å². The third-order valence-corrected chi connectivity index (χ3v) is 2.33. The number of ether oxygens (including phenoxy) is 1. The van der Waals surface area contributed by atoms with Crippen molar-refractivity contribution in [2.75, 3.05) is 0 Å². The van der Waals surface area contributed by atoms with E-state index in [4.69, 9.17) is 9.84 Å². The monoisotopic (exact) mass is 184 g/mol. The molecule has 1 aliphatic carbocycles. The summed E-state index contributed by atoms with van der Waals surface area (Å²) in [7, 11) is 0. The first-order valence-corrected chi connectivity index (χ1v) is 4.31. The summed E-state index contributed by atoms with van der Waals surface area (Å²) >= 11 is 0. The van der Waals surface area contributed by atoms with E-state index in [1.54, 1.807) is 0 Å². The highest BCUT2D eigenvalue weighted by Crippen LogP contribution is 2.26. The van der Waals surface area contributed by atoms with Crippen LogP contribution in [0.2, 0.25) is 0 Å². The number of aliphatic carboxylic acids is 1. The maximum absolute atomic E-state index is 10.6. The summed E-state index contributed by atoms with van der Waals surface area (Å²) in [6.45, 7) is 0. The summed E-state index contributed by atoms with van der Waals surface area (Å²) in [5, 5.41) is 8.69. The van der Waals surface area contributed by atoms with Crippen LogP contribution in [0.15, 0.2) is 6.26 Å². The van der Waals surface area contributed by atoms with Crippen LogP contribution in [0.1, 0.15) is 25.7 Å². The van der Waals surface area contributed by atoms with Crippen molar-refractivity contribution in [2.45, 2.75) is 31.8 Å². The maximum atomic E-state index is 10.6. The topological polar surface area (TPSA) is 63.6 Å². The van der Waals surface area contributed by atoms with Gasteiger partial charge in [-0.05, 0) is 25.7 Å². The minimum Gasteiger partial charge on any atom is -0.486 e. The lowest BCUT2D eigenvalue weighted by Crippen LogP contribution is -2.24. The molecule has 0 unspecified atom stereocenters. The molecule has 0 aliphatic heterocycles. The molecule has 4 heteroatoms. The molecule has 1 fully saturated rings. The van der Waals surface area contributed by atoms with Gasteiger partial charge in [0.2, 0.25) is 0 Å². The molecule has 0 radical (unpaired) electrons. The predicted molar refractivity (Wildman–Crippen MR) is 44.7 cm³/mol. The molecule has 0 aromatic heterocycles. The van der Waals surface area contributed by atoms with Gasteiger partial charge in [-0.3, -0.25) is 4.79 Å². The lowest BCUT2D eigenvalue weighted by atomic mass is 9.87. The number of carboxylic acid groups (broad SMARTS) is 1. The van der Waals surface area contributed by atoms with Crippen LogP contribution in [0, 0.1) is 5.92 Å². The number of carbonyl (C=O) groups is 1. The number of hydrogen-bond acceptors (Lipinski definition) is 3. The Labute approximate surface area is 76.2 Å². The molecule has 4 nitrogen and oxygen atoms in total. The van der Waals surface area contributed by atoms with Crippen molar-refractivity contribution in [2.24, 2.45) is 5.92 Å². The van der Waals surface area contributed by atoms with E-state index in [2.05, 4.69) is 0 Å². The molecule has 72 valence electrons. The molecule has 0 saturated heterocycles. The smallest absolute Gasteiger partial charge is 0.306 e. The first kappa shape index (κ1) is 9.81. The second kappa shape index (κ2) is 4.67. The largest absolute Gasteiger partial charge is 0.486 e. The van der Waals surface area contributed by atoms with Crippen molar-refractivity contribution in [3.05, 3.63) is 6.26 Å². The van der Waals surface area contributed by atoms with Gasteiger partial charge in [0.1, 0.15) is 0 Å². The molecule has 1 saturated carbocycles. The molecular weight excluding hydrogens is 172 g/mol. The minimum atomic E-state index is -0.732. The molecule has 1 rings (SSSR count). The molecule has 0 atom stereocenters. The van der Waals surface area contributed by atoms with Crippen LogP contribution in [0.5, 0.6) is 0 Å². The summed E-state index contributed by atoms with van der Waals surface area (Å²) in [5.41, 5.74) is 0. The van der Waals surface area contributed by atoms with E-state index in [1.165, 1.54) is 5.94 Å². The van der Waals surface area contributed by atoms with Crippen LogP contribution in [-0.4, -0.2) is 23.1 Å². The summed E-state index contributed by atoms with van der Waals surface area (Å²) < 4.78 is 5.02. The quantitative estimate of drug-likeness (QED) is 0.524. The Hall–Kier alpha value is -1.28. The Balaban J connectivity index is 2.30. The van der Waals surface area contributed by atoms with Crippen molar-refractivity contribution in [1.82, 2.24) is 0 Å². The molecule has 0 aromatic rings. The zero-order valence-corrected chi connectivity index (χ0v) is 7.23. The molecule has 0 aromatic carbocycles. The molecule has 0 bridgehead atoms. The van der Waals surface area contributed by atoms with Gasteiger partial charge in [0.25, 0.3) is 0 Å². The zero-order chi connectivity index (χ0) is 9.68. The standard InChI is InChI=1S/C9H12O4/c10-5-6-13-8-3-1-7(2-4-8)9(11)12/h6-8H,1-4H2,(H,11,12). The molecule has 1 N–H and O–H groups in total. The Morgan fingerprint density at radius 1 is 1.38 bits per heavy atom. The molecule has 0 amide bonds. The fraction of sp³-hybridized carbons (Fsp3) is 0.667. The van der Waals surface area contributed by atoms with E-state index >= 15 is 0 Å². The summed E-state index contributed by atoms with van der Waals surface area (Å²) in [4.78, 5) is 20.4. The van der Waals surface area contributed by atoms with Crippen LogP contribution >= 0.6 is 0 Å². The average molecular weight is 184 g/mol. The molecule has 13 heavy (non-hydrogen) atoms. The highest BCUT2D eigenvalue weighted by atomic mass is 16.5. The summed E-state index contributed by atoms with van der Waals surface area (Å²) in [5.74, 6) is 0.567. The third-order valence-electron chi connectivity index (χ3n) is 2.33. The zero-order valence-electron chi connectivity index (χ0n) is 7.23. The maximum Gasteiger partial charge on any atom is 0.306 e. The SMILES string of the molecule is O=C=COC1CCC(C(=O)O)CC1. The second-order valence-electron chi connectivity index (χ2n) is 3.18. The Morgan fingerprint density at radius 2 is 2.00 bits per heavy atom. The summed E-state index contributed by atoms with van der Waals surface area (Å²) in [6.07, 6.45) is 3.67. The summed E-state index contributed by atoms with van der Waals surface area (Å²) in [6, 6.07) is 0. The van der Waals surface area contributed by atoms with Crippen LogP contribution in [0.4, 0.5) is 0 Å². The number of carboxylic acids is 1. The van der Waals surface area contributed by atoms with Gasteiger partial charge in [0.15, 0.2) is 12.2 Å². The first-order chi connectivity index (χ1) is 6.24. The van der Waals surface area contributed by atoms with E-state index in [-0.39, 0.29) is 12.0 Å². The van der Waals surface area contributed by atoms with Gasteiger partial charge < -0.3 is 9.84 Å². The van der Waals surface area contributed by atoms with Gasteiger partial charge in [-0.1, -0.05) is 0 Å².